The molecule has 5 rings (SSSR count). The van der Waals surface area contributed by atoms with Gasteiger partial charge in [-0.15, -0.1) is 10.2 Å². The molecule has 3 aromatic carbocycles. The van der Waals surface area contributed by atoms with Gasteiger partial charge < -0.3 is 8.98 Å². The summed E-state index contributed by atoms with van der Waals surface area (Å²) in [7, 11) is 0. The third-order valence-electron chi connectivity index (χ3n) is 4.72. The standard InChI is InChI=1S/C23H17ClN4OS/c24-18-11-12-20-19(13-18)25-21(28(20)14-16-7-3-1-4-8-16)15-30-23-27-26-22(29-23)17-9-5-2-6-10-17/h1-13H,14-15H2. The van der Waals surface area contributed by atoms with Crippen LogP contribution in [0.1, 0.15) is 11.4 Å². The molecule has 0 unspecified atom stereocenters. The lowest BCUT2D eigenvalue weighted by molar-refractivity contribution is 0.465. The van der Waals surface area contributed by atoms with Crippen LogP contribution in [-0.2, 0) is 12.3 Å². The molecule has 0 fully saturated rings. The first-order valence-corrected chi connectivity index (χ1v) is 10.8. The number of rotatable bonds is 6. The zero-order valence-corrected chi connectivity index (χ0v) is 17.5. The number of halogens is 1. The van der Waals surface area contributed by atoms with Crippen LogP contribution in [0.25, 0.3) is 22.5 Å². The van der Waals surface area contributed by atoms with Crippen molar-refractivity contribution in [3.8, 4) is 11.5 Å². The Labute approximate surface area is 182 Å². The van der Waals surface area contributed by atoms with Crippen molar-refractivity contribution < 1.29 is 4.42 Å². The van der Waals surface area contributed by atoms with Gasteiger partial charge >= 0.3 is 0 Å². The van der Waals surface area contributed by atoms with E-state index >= 15 is 0 Å². The summed E-state index contributed by atoms with van der Waals surface area (Å²) in [4.78, 5) is 4.82. The van der Waals surface area contributed by atoms with E-state index in [-0.39, 0.29) is 0 Å². The van der Waals surface area contributed by atoms with E-state index in [1.165, 1.54) is 17.3 Å². The van der Waals surface area contributed by atoms with Crippen LogP contribution in [0, 0.1) is 0 Å². The van der Waals surface area contributed by atoms with Gasteiger partial charge in [0.15, 0.2) is 0 Å². The molecule has 7 heteroatoms. The molecule has 2 aromatic heterocycles. The summed E-state index contributed by atoms with van der Waals surface area (Å²) in [5.41, 5.74) is 4.05. The molecule has 0 amide bonds. The maximum absolute atomic E-state index is 6.19. The number of benzene rings is 3. The Morgan fingerprint density at radius 1 is 0.900 bits per heavy atom. The van der Waals surface area contributed by atoms with Gasteiger partial charge in [0.25, 0.3) is 5.22 Å². The van der Waals surface area contributed by atoms with Crippen LogP contribution in [0.3, 0.4) is 0 Å². The predicted molar refractivity (Wildman–Crippen MR) is 120 cm³/mol. The summed E-state index contributed by atoms with van der Waals surface area (Å²) in [5.74, 6) is 2.05. The van der Waals surface area contributed by atoms with Gasteiger partial charge in [0, 0.05) is 17.1 Å². The maximum atomic E-state index is 6.19. The van der Waals surface area contributed by atoms with Crippen molar-refractivity contribution >= 4 is 34.4 Å². The first-order valence-electron chi connectivity index (χ1n) is 9.46. The molecule has 0 saturated heterocycles. The lowest BCUT2D eigenvalue weighted by atomic mass is 10.2. The SMILES string of the molecule is Clc1ccc2c(c1)nc(CSc1nnc(-c3ccccc3)o1)n2Cc1ccccc1. The molecule has 5 nitrogen and oxygen atoms in total. The highest BCUT2D eigenvalue weighted by atomic mass is 35.5. The molecule has 30 heavy (non-hydrogen) atoms. The summed E-state index contributed by atoms with van der Waals surface area (Å²) in [6.45, 7) is 0.730. The number of fused-ring (bicyclic) bond motifs is 1. The van der Waals surface area contributed by atoms with Crippen LogP contribution in [0.5, 0.6) is 0 Å². The third-order valence-corrected chi connectivity index (χ3v) is 5.77. The van der Waals surface area contributed by atoms with Crippen molar-refractivity contribution in [2.75, 3.05) is 0 Å². The van der Waals surface area contributed by atoms with Crippen molar-refractivity contribution in [3.63, 3.8) is 0 Å². The second kappa shape index (κ2) is 8.34. The number of hydrogen-bond acceptors (Lipinski definition) is 5. The fourth-order valence-electron chi connectivity index (χ4n) is 3.30. The van der Waals surface area contributed by atoms with Crippen molar-refractivity contribution in [2.45, 2.75) is 17.5 Å². The first-order chi connectivity index (χ1) is 14.8. The second-order valence-corrected chi connectivity index (χ2v) is 8.12. The van der Waals surface area contributed by atoms with Gasteiger partial charge in [0.05, 0.1) is 16.8 Å². The average molecular weight is 433 g/mol. The van der Waals surface area contributed by atoms with Crippen molar-refractivity contribution in [1.29, 1.82) is 0 Å². The maximum Gasteiger partial charge on any atom is 0.277 e. The molecule has 0 saturated carbocycles. The van der Waals surface area contributed by atoms with Gasteiger partial charge in [0.1, 0.15) is 5.82 Å². The number of imidazole rings is 1. The van der Waals surface area contributed by atoms with E-state index in [9.17, 15) is 0 Å². The lowest BCUT2D eigenvalue weighted by Crippen LogP contribution is -2.04. The van der Waals surface area contributed by atoms with Crippen molar-refractivity contribution in [2.24, 2.45) is 0 Å². The Morgan fingerprint density at radius 2 is 1.67 bits per heavy atom. The Morgan fingerprint density at radius 3 is 2.47 bits per heavy atom. The zero-order valence-electron chi connectivity index (χ0n) is 15.9. The zero-order chi connectivity index (χ0) is 20.3. The van der Waals surface area contributed by atoms with E-state index in [2.05, 4.69) is 26.9 Å². The molecule has 0 N–H and O–H groups in total. The van der Waals surface area contributed by atoms with Gasteiger partial charge in [0.2, 0.25) is 5.89 Å². The van der Waals surface area contributed by atoms with Crippen molar-refractivity contribution in [1.82, 2.24) is 19.7 Å². The highest BCUT2D eigenvalue weighted by Crippen LogP contribution is 2.28. The van der Waals surface area contributed by atoms with Gasteiger partial charge in [-0.2, -0.15) is 0 Å². The molecule has 0 atom stereocenters. The normalized spacial score (nSPS) is 11.2. The van der Waals surface area contributed by atoms with Crippen LogP contribution in [0.15, 0.2) is 88.5 Å². The molecular weight excluding hydrogens is 416 g/mol. The molecule has 148 valence electrons. The van der Waals surface area contributed by atoms with Gasteiger partial charge in [-0.3, -0.25) is 0 Å². The minimum Gasteiger partial charge on any atom is -0.411 e. The molecule has 0 spiro atoms. The Bertz CT molecular complexity index is 1280. The highest BCUT2D eigenvalue weighted by Gasteiger charge is 2.15. The fourth-order valence-corrected chi connectivity index (χ4v) is 4.17. The molecule has 0 bridgehead atoms. The third kappa shape index (κ3) is 3.97. The lowest BCUT2D eigenvalue weighted by Gasteiger charge is -2.09. The van der Waals surface area contributed by atoms with E-state index in [0.717, 1.165) is 29.0 Å². The largest absolute Gasteiger partial charge is 0.411 e. The van der Waals surface area contributed by atoms with E-state index in [4.69, 9.17) is 21.0 Å². The van der Waals surface area contributed by atoms with Gasteiger partial charge in [-0.05, 0) is 35.9 Å². The summed E-state index contributed by atoms with van der Waals surface area (Å²) < 4.78 is 8.04. The van der Waals surface area contributed by atoms with Crippen LogP contribution >= 0.6 is 23.4 Å². The molecular formula is C23H17ClN4OS. The Kier molecular flexibility index (Phi) is 5.26. The molecule has 5 aromatic rings. The summed E-state index contributed by atoms with van der Waals surface area (Å²) in [6.07, 6.45) is 0. The topological polar surface area (TPSA) is 56.7 Å². The Hall–Kier alpha value is -3.09. The van der Waals surface area contributed by atoms with Crippen LogP contribution in [0.4, 0.5) is 0 Å². The number of hydrogen-bond donors (Lipinski definition) is 0. The molecule has 2 heterocycles. The quantitative estimate of drug-likeness (QED) is 0.304. The van der Waals surface area contributed by atoms with E-state index in [1.807, 2.05) is 66.7 Å². The van der Waals surface area contributed by atoms with Crippen LogP contribution in [0.2, 0.25) is 5.02 Å². The smallest absolute Gasteiger partial charge is 0.277 e. The average Bonchev–Trinajstić information content (AvgIpc) is 3.38. The fraction of sp³-hybridized carbons (Fsp3) is 0.0870. The predicted octanol–water partition coefficient (Wildman–Crippen LogP) is 6.08. The van der Waals surface area contributed by atoms with Gasteiger partial charge in [-0.25, -0.2) is 4.98 Å². The number of thioether (sulfide) groups is 1. The molecule has 0 aliphatic rings. The van der Waals surface area contributed by atoms with Crippen molar-refractivity contribution in [3.05, 3.63) is 95.3 Å². The molecule has 0 aliphatic heterocycles. The van der Waals surface area contributed by atoms with E-state index < -0.39 is 0 Å². The van der Waals surface area contributed by atoms with E-state index in [1.54, 1.807) is 0 Å². The highest BCUT2D eigenvalue weighted by molar-refractivity contribution is 7.98. The van der Waals surface area contributed by atoms with Crippen LogP contribution in [-0.4, -0.2) is 19.7 Å². The minimum absolute atomic E-state index is 0.516. The van der Waals surface area contributed by atoms with Gasteiger partial charge in [-0.1, -0.05) is 71.9 Å². The Balaban J connectivity index is 1.42. The summed E-state index contributed by atoms with van der Waals surface area (Å²) >= 11 is 7.66. The first kappa shape index (κ1) is 18.9. The summed E-state index contributed by atoms with van der Waals surface area (Å²) in [5, 5.41) is 9.53. The minimum atomic E-state index is 0.516. The monoisotopic (exact) mass is 432 g/mol. The molecule has 0 radical (unpaired) electrons. The molecule has 0 aliphatic carbocycles. The van der Waals surface area contributed by atoms with Crippen LogP contribution < -0.4 is 0 Å². The van der Waals surface area contributed by atoms with E-state index in [0.29, 0.717) is 21.9 Å². The number of nitrogens with zero attached hydrogens (tertiary/aromatic N) is 4. The summed E-state index contributed by atoms with van der Waals surface area (Å²) in [6, 6.07) is 25.9. The second-order valence-electron chi connectivity index (χ2n) is 6.76. The number of aromatic nitrogens is 4.